The highest BCUT2D eigenvalue weighted by Crippen LogP contribution is 2.32. The zero-order chi connectivity index (χ0) is 11.7. The highest BCUT2D eigenvalue weighted by molar-refractivity contribution is 5.34. The predicted molar refractivity (Wildman–Crippen MR) is 68.9 cm³/mol. The number of fused-ring (bicyclic) bond motifs is 1. The SMILES string of the molecule is O[C@@H]1CCCC[C@H]1N[C@@H]1CCc2ccccc21. The molecule has 1 saturated carbocycles. The number of aliphatic hydroxyl groups is 1. The van der Waals surface area contributed by atoms with Crippen LogP contribution < -0.4 is 5.32 Å². The summed E-state index contributed by atoms with van der Waals surface area (Å²) in [5.41, 5.74) is 2.93. The number of benzene rings is 1. The molecule has 17 heavy (non-hydrogen) atoms. The van der Waals surface area contributed by atoms with Crippen LogP contribution in [0.2, 0.25) is 0 Å². The van der Waals surface area contributed by atoms with Gasteiger partial charge in [0.15, 0.2) is 0 Å². The van der Waals surface area contributed by atoms with E-state index < -0.39 is 0 Å². The van der Waals surface area contributed by atoms with E-state index in [9.17, 15) is 5.11 Å². The molecule has 1 fully saturated rings. The predicted octanol–water partition coefficient (Wildman–Crippen LogP) is 2.57. The second kappa shape index (κ2) is 4.79. The molecule has 0 heterocycles. The Balaban J connectivity index is 1.70. The van der Waals surface area contributed by atoms with Crippen molar-refractivity contribution in [1.29, 1.82) is 0 Å². The largest absolute Gasteiger partial charge is 0.392 e. The van der Waals surface area contributed by atoms with Gasteiger partial charge in [0.25, 0.3) is 0 Å². The molecule has 3 atom stereocenters. The fraction of sp³-hybridized carbons (Fsp3) is 0.600. The summed E-state index contributed by atoms with van der Waals surface area (Å²) in [6, 6.07) is 9.47. The number of nitrogens with one attached hydrogen (secondary N) is 1. The molecule has 92 valence electrons. The van der Waals surface area contributed by atoms with Crippen LogP contribution >= 0.6 is 0 Å². The Labute approximate surface area is 103 Å². The van der Waals surface area contributed by atoms with E-state index in [4.69, 9.17) is 0 Å². The molecule has 3 rings (SSSR count). The number of hydrogen-bond acceptors (Lipinski definition) is 2. The summed E-state index contributed by atoms with van der Waals surface area (Å²) in [4.78, 5) is 0. The molecule has 0 aliphatic heterocycles. The average Bonchev–Trinajstić information content (AvgIpc) is 2.76. The van der Waals surface area contributed by atoms with Crippen LogP contribution in [-0.2, 0) is 6.42 Å². The van der Waals surface area contributed by atoms with E-state index in [1.807, 2.05) is 0 Å². The molecule has 2 aliphatic carbocycles. The molecule has 1 aromatic carbocycles. The molecular weight excluding hydrogens is 210 g/mol. The summed E-state index contributed by atoms with van der Waals surface area (Å²) in [7, 11) is 0. The van der Waals surface area contributed by atoms with Crippen molar-refractivity contribution >= 4 is 0 Å². The van der Waals surface area contributed by atoms with Gasteiger partial charge in [0.2, 0.25) is 0 Å². The van der Waals surface area contributed by atoms with Gasteiger partial charge < -0.3 is 10.4 Å². The van der Waals surface area contributed by atoms with Crippen LogP contribution in [0.4, 0.5) is 0 Å². The Bertz CT molecular complexity index is 390. The fourth-order valence-electron chi connectivity index (χ4n) is 3.29. The van der Waals surface area contributed by atoms with Gasteiger partial charge in [-0.2, -0.15) is 0 Å². The highest BCUT2D eigenvalue weighted by atomic mass is 16.3. The molecule has 2 nitrogen and oxygen atoms in total. The van der Waals surface area contributed by atoms with Gasteiger partial charge in [-0.05, 0) is 36.8 Å². The third-order valence-electron chi connectivity index (χ3n) is 4.28. The molecule has 0 aromatic heterocycles. The maximum absolute atomic E-state index is 10.0. The van der Waals surface area contributed by atoms with Crippen molar-refractivity contribution in [1.82, 2.24) is 5.32 Å². The Morgan fingerprint density at radius 2 is 1.88 bits per heavy atom. The average molecular weight is 231 g/mol. The minimum atomic E-state index is -0.142. The van der Waals surface area contributed by atoms with E-state index in [-0.39, 0.29) is 6.10 Å². The summed E-state index contributed by atoms with van der Waals surface area (Å²) in [5.74, 6) is 0. The van der Waals surface area contributed by atoms with E-state index in [0.29, 0.717) is 12.1 Å². The summed E-state index contributed by atoms with van der Waals surface area (Å²) in [6.45, 7) is 0. The summed E-state index contributed by atoms with van der Waals surface area (Å²) in [6.07, 6.45) is 6.74. The van der Waals surface area contributed by atoms with Crippen LogP contribution in [0.5, 0.6) is 0 Å². The standard InChI is InChI=1S/C15H21NO/c17-15-8-4-3-7-14(15)16-13-10-9-11-5-1-2-6-12(11)13/h1-2,5-6,13-17H,3-4,7-10H2/t13-,14-,15-/m1/s1. The van der Waals surface area contributed by atoms with Gasteiger partial charge in [0.1, 0.15) is 0 Å². The van der Waals surface area contributed by atoms with E-state index in [0.717, 1.165) is 12.8 Å². The van der Waals surface area contributed by atoms with Gasteiger partial charge in [-0.15, -0.1) is 0 Å². The van der Waals surface area contributed by atoms with Crippen molar-refractivity contribution in [2.24, 2.45) is 0 Å². The van der Waals surface area contributed by atoms with Crippen molar-refractivity contribution in [3.05, 3.63) is 35.4 Å². The first-order valence-corrected chi connectivity index (χ1v) is 6.86. The summed E-state index contributed by atoms with van der Waals surface area (Å²) < 4.78 is 0. The zero-order valence-corrected chi connectivity index (χ0v) is 10.2. The lowest BCUT2D eigenvalue weighted by Gasteiger charge is -2.31. The second-order valence-corrected chi connectivity index (χ2v) is 5.42. The van der Waals surface area contributed by atoms with Crippen LogP contribution in [0.1, 0.15) is 49.3 Å². The quantitative estimate of drug-likeness (QED) is 0.820. The lowest BCUT2D eigenvalue weighted by molar-refractivity contribution is 0.0848. The van der Waals surface area contributed by atoms with Gasteiger partial charge in [-0.1, -0.05) is 37.1 Å². The monoisotopic (exact) mass is 231 g/mol. The molecule has 1 aromatic rings. The van der Waals surface area contributed by atoms with Gasteiger partial charge in [0.05, 0.1) is 6.10 Å². The zero-order valence-electron chi connectivity index (χ0n) is 10.2. The Kier molecular flexibility index (Phi) is 3.17. The van der Waals surface area contributed by atoms with Gasteiger partial charge >= 0.3 is 0 Å². The number of aliphatic hydroxyl groups excluding tert-OH is 1. The molecule has 0 spiro atoms. The van der Waals surface area contributed by atoms with Crippen LogP contribution in [0.25, 0.3) is 0 Å². The van der Waals surface area contributed by atoms with Gasteiger partial charge in [-0.3, -0.25) is 0 Å². The van der Waals surface area contributed by atoms with Crippen molar-refractivity contribution in [2.45, 2.75) is 56.7 Å². The van der Waals surface area contributed by atoms with Crippen LogP contribution in [0.3, 0.4) is 0 Å². The molecule has 2 aliphatic rings. The van der Waals surface area contributed by atoms with Crippen LogP contribution in [-0.4, -0.2) is 17.3 Å². The first-order chi connectivity index (χ1) is 8.34. The molecule has 0 bridgehead atoms. The Hall–Kier alpha value is -0.860. The van der Waals surface area contributed by atoms with E-state index in [2.05, 4.69) is 29.6 Å². The summed E-state index contributed by atoms with van der Waals surface area (Å²) in [5, 5.41) is 13.7. The van der Waals surface area contributed by atoms with Crippen molar-refractivity contribution in [3.8, 4) is 0 Å². The fourth-order valence-corrected chi connectivity index (χ4v) is 3.29. The second-order valence-electron chi connectivity index (χ2n) is 5.42. The Morgan fingerprint density at radius 1 is 1.06 bits per heavy atom. The van der Waals surface area contributed by atoms with Crippen molar-refractivity contribution in [2.75, 3.05) is 0 Å². The Morgan fingerprint density at radius 3 is 2.76 bits per heavy atom. The minimum absolute atomic E-state index is 0.142. The van der Waals surface area contributed by atoms with Crippen LogP contribution in [0.15, 0.2) is 24.3 Å². The molecule has 0 saturated heterocycles. The molecule has 2 heteroatoms. The molecule has 0 radical (unpaired) electrons. The lowest BCUT2D eigenvalue weighted by Crippen LogP contribution is -2.43. The number of rotatable bonds is 2. The first-order valence-electron chi connectivity index (χ1n) is 6.86. The molecular formula is C15H21NO. The smallest absolute Gasteiger partial charge is 0.0693 e. The van der Waals surface area contributed by atoms with Crippen LogP contribution in [0, 0.1) is 0 Å². The molecule has 0 amide bonds. The third kappa shape index (κ3) is 2.24. The number of hydrogen-bond donors (Lipinski definition) is 2. The minimum Gasteiger partial charge on any atom is -0.392 e. The van der Waals surface area contributed by atoms with E-state index >= 15 is 0 Å². The maximum atomic E-state index is 10.0. The van der Waals surface area contributed by atoms with Crippen molar-refractivity contribution in [3.63, 3.8) is 0 Å². The summed E-state index contributed by atoms with van der Waals surface area (Å²) >= 11 is 0. The third-order valence-corrected chi connectivity index (χ3v) is 4.28. The topological polar surface area (TPSA) is 32.3 Å². The highest BCUT2D eigenvalue weighted by Gasteiger charge is 2.28. The lowest BCUT2D eigenvalue weighted by atomic mass is 9.91. The van der Waals surface area contributed by atoms with E-state index in [1.54, 1.807) is 0 Å². The van der Waals surface area contributed by atoms with Gasteiger partial charge in [-0.25, -0.2) is 0 Å². The molecule has 2 N–H and O–H groups in total. The van der Waals surface area contributed by atoms with Crippen molar-refractivity contribution < 1.29 is 5.11 Å². The normalized spacial score (nSPS) is 32.4. The number of aryl methyl sites for hydroxylation is 1. The van der Waals surface area contributed by atoms with Gasteiger partial charge in [0, 0.05) is 12.1 Å². The maximum Gasteiger partial charge on any atom is 0.0693 e. The van der Waals surface area contributed by atoms with E-state index in [1.165, 1.54) is 36.8 Å². The first kappa shape index (κ1) is 11.2. The molecule has 0 unspecified atom stereocenters.